The predicted octanol–water partition coefficient (Wildman–Crippen LogP) is 5.46. The summed E-state index contributed by atoms with van der Waals surface area (Å²) in [5.41, 5.74) is 1.64. The highest BCUT2D eigenvalue weighted by atomic mass is 35.5. The van der Waals surface area contributed by atoms with Crippen molar-refractivity contribution < 1.29 is 18.7 Å². The van der Waals surface area contributed by atoms with Crippen LogP contribution in [0.25, 0.3) is 6.08 Å². The Hall–Kier alpha value is -3.49. The van der Waals surface area contributed by atoms with Gasteiger partial charge in [-0.25, -0.2) is 0 Å². The fraction of sp³-hybridized carbons (Fsp3) is 0.125. The lowest BCUT2D eigenvalue weighted by Crippen LogP contribution is -2.28. The molecule has 0 bridgehead atoms. The highest BCUT2D eigenvalue weighted by Gasteiger charge is 2.34. The number of amides is 1. The number of rotatable bonds is 7. The fourth-order valence-electron chi connectivity index (χ4n) is 3.07. The Bertz CT molecular complexity index is 1220. The topological polar surface area (TPSA) is 76.6 Å². The molecule has 1 aliphatic heterocycles. The van der Waals surface area contributed by atoms with Crippen molar-refractivity contribution in [3.05, 3.63) is 87.7 Å². The van der Waals surface area contributed by atoms with E-state index in [4.69, 9.17) is 25.5 Å². The van der Waals surface area contributed by atoms with E-state index in [2.05, 4.69) is 10.2 Å². The standard InChI is InChI=1S/C24H20ClN3O4S/c1-30-20-10-7-17(12-21(20)31-2)13-22-23(29)28(15-19-4-3-11-32-19)24(33-22)27-26-14-16-5-8-18(25)9-6-16/h3-14H,15H2,1-2H3/b22-13-,26-14+,27-24-. The molecule has 0 unspecified atom stereocenters. The summed E-state index contributed by atoms with van der Waals surface area (Å²) in [5.74, 6) is 1.65. The molecular weight excluding hydrogens is 462 g/mol. The smallest absolute Gasteiger partial charge is 0.267 e. The molecule has 9 heteroatoms. The van der Waals surface area contributed by atoms with Crippen molar-refractivity contribution in [1.29, 1.82) is 0 Å². The first kappa shape index (κ1) is 22.7. The zero-order chi connectivity index (χ0) is 23.2. The van der Waals surface area contributed by atoms with Crippen LogP contribution in [0.5, 0.6) is 11.5 Å². The highest BCUT2D eigenvalue weighted by molar-refractivity contribution is 8.18. The number of amidine groups is 1. The summed E-state index contributed by atoms with van der Waals surface area (Å²) in [6.07, 6.45) is 4.96. The number of benzene rings is 2. The first-order valence-electron chi connectivity index (χ1n) is 9.90. The van der Waals surface area contributed by atoms with E-state index < -0.39 is 0 Å². The predicted molar refractivity (Wildman–Crippen MR) is 131 cm³/mol. The lowest BCUT2D eigenvalue weighted by atomic mass is 10.2. The summed E-state index contributed by atoms with van der Waals surface area (Å²) >= 11 is 7.16. The van der Waals surface area contributed by atoms with Gasteiger partial charge in [-0.3, -0.25) is 9.69 Å². The number of furan rings is 1. The van der Waals surface area contributed by atoms with Crippen molar-refractivity contribution in [1.82, 2.24) is 4.90 Å². The van der Waals surface area contributed by atoms with Gasteiger partial charge in [0.1, 0.15) is 5.76 Å². The van der Waals surface area contributed by atoms with Crippen LogP contribution in [-0.2, 0) is 11.3 Å². The zero-order valence-corrected chi connectivity index (χ0v) is 19.5. The van der Waals surface area contributed by atoms with Crippen molar-refractivity contribution >= 4 is 46.7 Å². The van der Waals surface area contributed by atoms with Gasteiger partial charge in [0.25, 0.3) is 5.91 Å². The Kier molecular flexibility index (Phi) is 7.16. The van der Waals surface area contributed by atoms with E-state index in [1.165, 1.54) is 16.7 Å². The molecule has 0 spiro atoms. The minimum atomic E-state index is -0.188. The summed E-state index contributed by atoms with van der Waals surface area (Å²) in [5, 5.41) is 9.57. The van der Waals surface area contributed by atoms with E-state index in [9.17, 15) is 4.79 Å². The molecule has 7 nitrogen and oxygen atoms in total. The van der Waals surface area contributed by atoms with Crippen LogP contribution in [0.4, 0.5) is 0 Å². The van der Waals surface area contributed by atoms with Gasteiger partial charge in [0.2, 0.25) is 0 Å². The van der Waals surface area contributed by atoms with Crippen LogP contribution in [0, 0.1) is 0 Å². The second-order valence-electron chi connectivity index (χ2n) is 6.87. The molecule has 0 aliphatic carbocycles. The maximum Gasteiger partial charge on any atom is 0.267 e. The molecule has 1 fully saturated rings. The molecule has 3 aromatic rings. The first-order chi connectivity index (χ1) is 16.1. The van der Waals surface area contributed by atoms with Crippen LogP contribution >= 0.6 is 23.4 Å². The molecule has 1 amide bonds. The summed E-state index contributed by atoms with van der Waals surface area (Å²) in [7, 11) is 3.14. The molecular formula is C24H20ClN3O4S. The Balaban J connectivity index is 1.62. The Morgan fingerprint density at radius 2 is 1.82 bits per heavy atom. The lowest BCUT2D eigenvalue weighted by Gasteiger charge is -2.12. The third-order valence-electron chi connectivity index (χ3n) is 4.71. The Labute approximate surface area is 200 Å². The number of ether oxygens (including phenoxy) is 2. The monoisotopic (exact) mass is 481 g/mol. The number of nitrogens with zero attached hydrogens (tertiary/aromatic N) is 3. The highest BCUT2D eigenvalue weighted by Crippen LogP contribution is 2.35. The van der Waals surface area contributed by atoms with Gasteiger partial charge < -0.3 is 13.9 Å². The second kappa shape index (κ2) is 10.4. The fourth-order valence-corrected chi connectivity index (χ4v) is 4.13. The molecule has 4 rings (SSSR count). The van der Waals surface area contributed by atoms with Gasteiger partial charge in [-0.1, -0.05) is 29.8 Å². The van der Waals surface area contributed by atoms with Gasteiger partial charge in [0.15, 0.2) is 16.7 Å². The van der Waals surface area contributed by atoms with E-state index in [-0.39, 0.29) is 12.5 Å². The second-order valence-corrected chi connectivity index (χ2v) is 8.32. The lowest BCUT2D eigenvalue weighted by molar-refractivity contribution is -0.122. The maximum absolute atomic E-state index is 13.2. The van der Waals surface area contributed by atoms with Crippen molar-refractivity contribution in [2.45, 2.75) is 6.54 Å². The number of hydrogen-bond donors (Lipinski definition) is 0. The SMILES string of the molecule is COc1ccc(/C=C2\S/C(=N\N=C\c3ccc(Cl)cc3)N(Cc3ccco3)C2=O)cc1OC. The van der Waals surface area contributed by atoms with Crippen molar-refractivity contribution in [3.63, 3.8) is 0 Å². The molecule has 1 aliphatic rings. The molecule has 0 saturated carbocycles. The summed E-state index contributed by atoms with van der Waals surface area (Å²) in [6, 6.07) is 16.3. The quantitative estimate of drug-likeness (QED) is 0.254. The molecule has 0 radical (unpaired) electrons. The van der Waals surface area contributed by atoms with Crippen molar-refractivity contribution in [2.24, 2.45) is 10.2 Å². The van der Waals surface area contributed by atoms with Crippen LogP contribution in [-0.4, -0.2) is 36.4 Å². The molecule has 1 aromatic heterocycles. The maximum atomic E-state index is 13.2. The molecule has 1 saturated heterocycles. The average Bonchev–Trinajstić information content (AvgIpc) is 3.44. The van der Waals surface area contributed by atoms with Gasteiger partial charge >= 0.3 is 0 Å². The van der Waals surface area contributed by atoms with Crippen molar-refractivity contribution in [2.75, 3.05) is 14.2 Å². The van der Waals surface area contributed by atoms with Crippen LogP contribution in [0.3, 0.4) is 0 Å². The molecule has 2 aromatic carbocycles. The van der Waals surface area contributed by atoms with E-state index in [1.54, 1.807) is 57.0 Å². The number of methoxy groups -OCH3 is 2. The molecule has 33 heavy (non-hydrogen) atoms. The minimum absolute atomic E-state index is 0.188. The largest absolute Gasteiger partial charge is 0.493 e. The normalized spacial score (nSPS) is 16.3. The number of carbonyl (C=O) groups excluding carboxylic acids is 1. The minimum Gasteiger partial charge on any atom is -0.493 e. The molecule has 0 atom stereocenters. The van der Waals surface area contributed by atoms with Crippen molar-refractivity contribution in [3.8, 4) is 11.5 Å². The number of thioether (sulfide) groups is 1. The Morgan fingerprint density at radius 1 is 1.06 bits per heavy atom. The van der Waals surface area contributed by atoms with Gasteiger partial charge in [-0.05, 0) is 65.4 Å². The summed E-state index contributed by atoms with van der Waals surface area (Å²) in [4.78, 5) is 15.2. The van der Waals surface area contributed by atoms with Crippen LogP contribution < -0.4 is 9.47 Å². The van der Waals surface area contributed by atoms with E-state index in [0.29, 0.717) is 32.4 Å². The first-order valence-corrected chi connectivity index (χ1v) is 11.1. The van der Waals surface area contributed by atoms with Crippen LogP contribution in [0.15, 0.2) is 80.4 Å². The molecule has 168 valence electrons. The average molecular weight is 482 g/mol. The number of hydrogen-bond acceptors (Lipinski definition) is 7. The van der Waals surface area contributed by atoms with Gasteiger partial charge in [-0.2, -0.15) is 5.10 Å². The molecule has 2 heterocycles. The molecule has 0 N–H and O–H groups in total. The summed E-state index contributed by atoms with van der Waals surface area (Å²) in [6.45, 7) is 0.247. The summed E-state index contributed by atoms with van der Waals surface area (Å²) < 4.78 is 16.1. The van der Waals surface area contributed by atoms with Crippen LogP contribution in [0.2, 0.25) is 5.02 Å². The van der Waals surface area contributed by atoms with Gasteiger partial charge in [0, 0.05) is 5.02 Å². The zero-order valence-electron chi connectivity index (χ0n) is 17.9. The van der Waals surface area contributed by atoms with E-state index in [0.717, 1.165) is 11.1 Å². The third kappa shape index (κ3) is 5.47. The van der Waals surface area contributed by atoms with Crippen LogP contribution in [0.1, 0.15) is 16.9 Å². The van der Waals surface area contributed by atoms with Gasteiger partial charge in [-0.15, -0.1) is 5.10 Å². The van der Waals surface area contributed by atoms with E-state index >= 15 is 0 Å². The Morgan fingerprint density at radius 3 is 2.52 bits per heavy atom. The van der Waals surface area contributed by atoms with E-state index in [1.807, 2.05) is 30.3 Å². The number of halogens is 1. The third-order valence-corrected chi connectivity index (χ3v) is 5.96. The van der Waals surface area contributed by atoms with Gasteiger partial charge in [0.05, 0.1) is 38.1 Å². The number of carbonyl (C=O) groups is 1.